The predicted molar refractivity (Wildman–Crippen MR) is 80.9 cm³/mol. The molecule has 0 aromatic heterocycles. The van der Waals surface area contributed by atoms with E-state index in [0.717, 1.165) is 25.3 Å². The van der Waals surface area contributed by atoms with Gasteiger partial charge in [0, 0.05) is 25.3 Å². The second kappa shape index (κ2) is 10.2. The minimum Gasteiger partial charge on any atom is -0.465 e. The first kappa shape index (κ1) is 18.4. The van der Waals surface area contributed by atoms with Crippen molar-refractivity contribution < 1.29 is 13.9 Å². The minimum absolute atomic E-state index is 0.0362. The van der Waals surface area contributed by atoms with Crippen LogP contribution in [0.3, 0.4) is 0 Å². The fraction of sp³-hybridized carbons (Fsp3) is 0.533. The van der Waals surface area contributed by atoms with Crippen molar-refractivity contribution in [3.8, 4) is 0 Å². The first-order chi connectivity index (χ1) is 9.63. The van der Waals surface area contributed by atoms with Gasteiger partial charge in [-0.1, -0.05) is 13.8 Å². The molecule has 0 fully saturated rings. The standard InChI is InChI=1S/C13H19FN2O2.C2H6/c1-4-16(8-7-15-2)10-5-6-11(12(14)9-10)13(17)18-3;1-2/h5-6,9,15H,4,7-8H2,1-3H3;1-2H3. The molecule has 0 aliphatic carbocycles. The number of nitrogens with zero attached hydrogens (tertiary/aromatic N) is 1. The molecule has 0 amide bonds. The molecule has 0 atom stereocenters. The van der Waals surface area contributed by atoms with Crippen LogP contribution in [0.15, 0.2) is 18.2 Å². The van der Waals surface area contributed by atoms with Crippen LogP contribution in [-0.4, -0.2) is 39.8 Å². The largest absolute Gasteiger partial charge is 0.465 e. The van der Waals surface area contributed by atoms with Crippen LogP contribution >= 0.6 is 0 Å². The molecule has 0 unspecified atom stereocenters. The van der Waals surface area contributed by atoms with Gasteiger partial charge in [-0.05, 0) is 32.2 Å². The Morgan fingerprint density at radius 3 is 2.50 bits per heavy atom. The van der Waals surface area contributed by atoms with Gasteiger partial charge in [-0.3, -0.25) is 0 Å². The highest BCUT2D eigenvalue weighted by Gasteiger charge is 2.14. The van der Waals surface area contributed by atoms with Gasteiger partial charge < -0.3 is 15.0 Å². The van der Waals surface area contributed by atoms with E-state index in [4.69, 9.17) is 0 Å². The normalized spacial score (nSPS) is 9.50. The van der Waals surface area contributed by atoms with E-state index in [2.05, 4.69) is 10.1 Å². The highest BCUT2D eigenvalue weighted by Crippen LogP contribution is 2.19. The number of ether oxygens (including phenoxy) is 1. The molecule has 0 spiro atoms. The SMILES string of the molecule is CC.CCN(CCNC)c1ccc(C(=O)OC)c(F)c1. The van der Waals surface area contributed by atoms with E-state index in [-0.39, 0.29) is 5.56 Å². The molecule has 114 valence electrons. The van der Waals surface area contributed by atoms with E-state index in [0.29, 0.717) is 0 Å². The number of hydrogen-bond acceptors (Lipinski definition) is 4. The van der Waals surface area contributed by atoms with Crippen molar-refractivity contribution in [3.05, 3.63) is 29.6 Å². The lowest BCUT2D eigenvalue weighted by atomic mass is 10.2. The molecule has 0 saturated carbocycles. The maximum absolute atomic E-state index is 13.8. The van der Waals surface area contributed by atoms with Gasteiger partial charge in [0.05, 0.1) is 12.7 Å². The molecular weight excluding hydrogens is 259 g/mol. The molecule has 4 nitrogen and oxygen atoms in total. The van der Waals surface area contributed by atoms with Crippen LogP contribution < -0.4 is 10.2 Å². The topological polar surface area (TPSA) is 41.6 Å². The van der Waals surface area contributed by atoms with E-state index in [1.807, 2.05) is 32.7 Å². The summed E-state index contributed by atoms with van der Waals surface area (Å²) in [6, 6.07) is 4.55. The van der Waals surface area contributed by atoms with Crippen molar-refractivity contribution in [1.29, 1.82) is 0 Å². The van der Waals surface area contributed by atoms with Gasteiger partial charge in [0.1, 0.15) is 5.82 Å². The quantitative estimate of drug-likeness (QED) is 0.816. The van der Waals surface area contributed by atoms with Crippen molar-refractivity contribution in [3.63, 3.8) is 0 Å². The molecule has 1 aromatic carbocycles. The summed E-state index contributed by atoms with van der Waals surface area (Å²) in [5, 5.41) is 3.05. The number of benzene rings is 1. The minimum atomic E-state index is -0.655. The number of nitrogens with one attached hydrogen (secondary N) is 1. The maximum Gasteiger partial charge on any atom is 0.340 e. The summed E-state index contributed by atoms with van der Waals surface area (Å²) in [5.74, 6) is -1.21. The lowest BCUT2D eigenvalue weighted by Crippen LogP contribution is -2.30. The zero-order valence-electron chi connectivity index (χ0n) is 13.0. The number of likely N-dealkylation sites (N-methyl/N-ethyl adjacent to an activating group) is 2. The van der Waals surface area contributed by atoms with Crippen LogP contribution in [0.1, 0.15) is 31.1 Å². The number of esters is 1. The summed E-state index contributed by atoms with van der Waals surface area (Å²) in [5.41, 5.74) is 0.726. The van der Waals surface area contributed by atoms with Gasteiger partial charge in [-0.15, -0.1) is 0 Å². The molecule has 0 heterocycles. The first-order valence-corrected chi connectivity index (χ1v) is 6.91. The van der Waals surface area contributed by atoms with Gasteiger partial charge in [-0.2, -0.15) is 0 Å². The second-order valence-corrected chi connectivity index (χ2v) is 3.84. The molecule has 0 bridgehead atoms. The zero-order chi connectivity index (χ0) is 15.5. The van der Waals surface area contributed by atoms with E-state index in [1.54, 1.807) is 6.07 Å². The number of carbonyl (C=O) groups is 1. The van der Waals surface area contributed by atoms with Crippen LogP contribution in [0.2, 0.25) is 0 Å². The summed E-state index contributed by atoms with van der Waals surface area (Å²) in [6.07, 6.45) is 0. The molecule has 0 radical (unpaired) electrons. The van der Waals surface area contributed by atoms with Crippen molar-refractivity contribution in [2.45, 2.75) is 20.8 Å². The molecule has 0 aliphatic heterocycles. The van der Waals surface area contributed by atoms with Gasteiger partial charge in [-0.25, -0.2) is 9.18 Å². The van der Waals surface area contributed by atoms with Crippen molar-refractivity contribution in [2.75, 3.05) is 38.7 Å². The first-order valence-electron chi connectivity index (χ1n) is 6.91. The van der Waals surface area contributed by atoms with Crippen LogP contribution in [0.5, 0.6) is 0 Å². The summed E-state index contributed by atoms with van der Waals surface area (Å²) in [6.45, 7) is 8.37. The Kier molecular flexibility index (Phi) is 9.38. The number of methoxy groups -OCH3 is 1. The zero-order valence-corrected chi connectivity index (χ0v) is 13.0. The third kappa shape index (κ3) is 5.17. The average molecular weight is 284 g/mol. The van der Waals surface area contributed by atoms with E-state index in [1.165, 1.54) is 19.2 Å². The Morgan fingerprint density at radius 1 is 1.40 bits per heavy atom. The molecule has 5 heteroatoms. The van der Waals surface area contributed by atoms with Gasteiger partial charge >= 0.3 is 5.97 Å². The van der Waals surface area contributed by atoms with Gasteiger partial charge in [0.15, 0.2) is 0 Å². The van der Waals surface area contributed by atoms with Gasteiger partial charge in [0.25, 0.3) is 0 Å². The van der Waals surface area contributed by atoms with E-state index >= 15 is 0 Å². The van der Waals surface area contributed by atoms with Gasteiger partial charge in [0.2, 0.25) is 0 Å². The highest BCUT2D eigenvalue weighted by molar-refractivity contribution is 5.90. The third-order valence-electron chi connectivity index (χ3n) is 2.74. The average Bonchev–Trinajstić information content (AvgIpc) is 2.49. The van der Waals surface area contributed by atoms with Crippen LogP contribution in [0, 0.1) is 5.82 Å². The number of hydrogen-bond donors (Lipinski definition) is 1. The highest BCUT2D eigenvalue weighted by atomic mass is 19.1. The van der Waals surface area contributed by atoms with Crippen LogP contribution in [-0.2, 0) is 4.74 Å². The Labute approximate surface area is 120 Å². The monoisotopic (exact) mass is 284 g/mol. The van der Waals surface area contributed by atoms with Crippen LogP contribution in [0.25, 0.3) is 0 Å². The molecule has 1 N–H and O–H groups in total. The number of rotatable bonds is 6. The Balaban J connectivity index is 0.00000172. The molecule has 1 rings (SSSR count). The Morgan fingerprint density at radius 2 is 2.05 bits per heavy atom. The molecule has 20 heavy (non-hydrogen) atoms. The smallest absolute Gasteiger partial charge is 0.340 e. The summed E-state index contributed by atoms with van der Waals surface area (Å²) >= 11 is 0. The summed E-state index contributed by atoms with van der Waals surface area (Å²) in [4.78, 5) is 13.3. The third-order valence-corrected chi connectivity index (χ3v) is 2.74. The Hall–Kier alpha value is -1.62. The number of carbonyl (C=O) groups excluding carboxylic acids is 1. The van der Waals surface area contributed by atoms with Crippen LogP contribution in [0.4, 0.5) is 10.1 Å². The second-order valence-electron chi connectivity index (χ2n) is 3.84. The van der Waals surface area contributed by atoms with Crippen molar-refractivity contribution in [1.82, 2.24) is 5.32 Å². The molecular formula is C15H25FN2O2. The summed E-state index contributed by atoms with van der Waals surface area (Å²) in [7, 11) is 3.11. The number of halogens is 1. The molecule has 0 aliphatic rings. The predicted octanol–water partition coefficient (Wildman–Crippen LogP) is 2.68. The van der Waals surface area contributed by atoms with Crippen molar-refractivity contribution in [2.24, 2.45) is 0 Å². The summed E-state index contributed by atoms with van der Waals surface area (Å²) < 4.78 is 18.3. The molecule has 0 saturated heterocycles. The van der Waals surface area contributed by atoms with E-state index in [9.17, 15) is 9.18 Å². The van der Waals surface area contributed by atoms with E-state index < -0.39 is 11.8 Å². The number of anilines is 1. The van der Waals surface area contributed by atoms with Crippen molar-refractivity contribution >= 4 is 11.7 Å². The Bertz CT molecular complexity index is 411. The fourth-order valence-corrected chi connectivity index (χ4v) is 1.69. The maximum atomic E-state index is 13.8. The lowest BCUT2D eigenvalue weighted by Gasteiger charge is -2.23. The fourth-order valence-electron chi connectivity index (χ4n) is 1.69. The lowest BCUT2D eigenvalue weighted by molar-refractivity contribution is 0.0595. The molecule has 1 aromatic rings.